The highest BCUT2D eigenvalue weighted by atomic mass is 15.3. The lowest BCUT2D eigenvalue weighted by Gasteiger charge is -2.39. The van der Waals surface area contributed by atoms with Gasteiger partial charge in [0.25, 0.3) is 0 Å². The minimum absolute atomic E-state index is 0.271. The third-order valence-electron chi connectivity index (χ3n) is 4.97. The molecule has 1 aliphatic carbocycles. The van der Waals surface area contributed by atoms with Gasteiger partial charge in [-0.15, -0.1) is 0 Å². The number of nitriles is 1. The Morgan fingerprint density at radius 1 is 1.32 bits per heavy atom. The topological polar surface area (TPSA) is 79.7 Å². The van der Waals surface area contributed by atoms with Crippen molar-refractivity contribution in [2.75, 3.05) is 0 Å². The molecular weight excluding hydrogens is 310 g/mol. The maximum absolute atomic E-state index is 8.96. The van der Waals surface area contributed by atoms with Crippen LogP contribution in [0.4, 0.5) is 0 Å². The number of rotatable bonds is 4. The zero-order valence-corrected chi connectivity index (χ0v) is 15.3. The van der Waals surface area contributed by atoms with Gasteiger partial charge in [0, 0.05) is 43.0 Å². The van der Waals surface area contributed by atoms with Crippen molar-refractivity contribution < 1.29 is 0 Å². The number of hydrogen-bond acceptors (Lipinski definition) is 4. The van der Waals surface area contributed by atoms with E-state index in [9.17, 15) is 0 Å². The zero-order chi connectivity index (χ0) is 18.0. The van der Waals surface area contributed by atoms with Crippen molar-refractivity contribution >= 4 is 0 Å². The molecule has 0 spiro atoms. The number of aromatic nitrogens is 2. The summed E-state index contributed by atoms with van der Waals surface area (Å²) in [6, 6.07) is 10.5. The van der Waals surface area contributed by atoms with Gasteiger partial charge in [-0.25, -0.2) is 0 Å². The lowest BCUT2D eigenvalue weighted by molar-refractivity contribution is 0.177. The van der Waals surface area contributed by atoms with E-state index in [4.69, 9.17) is 11.0 Å². The third-order valence-corrected chi connectivity index (χ3v) is 4.97. The van der Waals surface area contributed by atoms with Gasteiger partial charge in [-0.1, -0.05) is 26.0 Å². The van der Waals surface area contributed by atoms with Crippen molar-refractivity contribution in [3.63, 3.8) is 0 Å². The number of hydrogen-bond donors (Lipinski definition) is 2. The maximum atomic E-state index is 8.96. The molecule has 5 nitrogen and oxygen atoms in total. The Labute approximate surface area is 149 Å². The minimum Gasteiger partial charge on any atom is -0.328 e. The van der Waals surface area contributed by atoms with Crippen LogP contribution in [0.25, 0.3) is 11.3 Å². The van der Waals surface area contributed by atoms with Crippen LogP contribution >= 0.6 is 0 Å². The van der Waals surface area contributed by atoms with E-state index in [0.717, 1.165) is 37.1 Å². The predicted octanol–water partition coefficient (Wildman–Crippen LogP) is 2.95. The Morgan fingerprint density at radius 3 is 2.68 bits per heavy atom. The van der Waals surface area contributed by atoms with Crippen molar-refractivity contribution in [2.24, 2.45) is 18.2 Å². The Balaban J connectivity index is 1.74. The molecular formula is C20H27N5. The van der Waals surface area contributed by atoms with Gasteiger partial charge in [0.15, 0.2) is 0 Å². The van der Waals surface area contributed by atoms with E-state index in [1.165, 1.54) is 5.56 Å². The third kappa shape index (κ3) is 4.28. The quantitative estimate of drug-likeness (QED) is 0.899. The molecule has 1 aromatic carbocycles. The first-order valence-corrected chi connectivity index (χ1v) is 8.88. The van der Waals surface area contributed by atoms with Gasteiger partial charge in [-0.3, -0.25) is 4.68 Å². The van der Waals surface area contributed by atoms with Crippen LogP contribution in [0.15, 0.2) is 30.5 Å². The molecule has 1 aliphatic rings. The fourth-order valence-electron chi connectivity index (χ4n) is 4.01. The Morgan fingerprint density at radius 2 is 2.04 bits per heavy atom. The molecule has 2 atom stereocenters. The summed E-state index contributed by atoms with van der Waals surface area (Å²) >= 11 is 0. The first-order chi connectivity index (χ1) is 11.9. The molecule has 3 rings (SSSR count). The normalized spacial score (nSPS) is 22.5. The Kier molecular flexibility index (Phi) is 4.94. The Bertz CT molecular complexity index is 766. The summed E-state index contributed by atoms with van der Waals surface area (Å²) in [5.41, 5.74) is 10.4. The van der Waals surface area contributed by atoms with Gasteiger partial charge >= 0.3 is 0 Å². The second-order valence-corrected chi connectivity index (χ2v) is 8.01. The Hall–Kier alpha value is -2.16. The fourth-order valence-corrected chi connectivity index (χ4v) is 4.01. The van der Waals surface area contributed by atoms with Crippen LogP contribution in [-0.2, 0) is 13.6 Å². The first kappa shape index (κ1) is 17.7. The molecule has 1 heterocycles. The van der Waals surface area contributed by atoms with Crippen molar-refractivity contribution in [1.29, 1.82) is 5.26 Å². The van der Waals surface area contributed by atoms with E-state index in [1.54, 1.807) is 0 Å². The van der Waals surface area contributed by atoms with Gasteiger partial charge in [-0.05, 0) is 36.8 Å². The van der Waals surface area contributed by atoms with Crippen molar-refractivity contribution in [3.8, 4) is 17.3 Å². The summed E-state index contributed by atoms with van der Waals surface area (Å²) in [7, 11) is 1.94. The summed E-state index contributed by atoms with van der Waals surface area (Å²) in [4.78, 5) is 0. The first-order valence-electron chi connectivity index (χ1n) is 8.88. The molecule has 0 bridgehead atoms. The summed E-state index contributed by atoms with van der Waals surface area (Å²) in [5.74, 6) is 0. The van der Waals surface area contributed by atoms with Gasteiger partial charge < -0.3 is 11.1 Å². The SMILES string of the molecule is Cn1cc(CNC2CC(N)CC(C)(C)C2)c(-c2ccc(C#N)cc2)n1. The van der Waals surface area contributed by atoms with E-state index in [1.807, 2.05) is 36.0 Å². The van der Waals surface area contributed by atoms with Crippen LogP contribution in [0.5, 0.6) is 0 Å². The predicted molar refractivity (Wildman–Crippen MR) is 99.6 cm³/mol. The summed E-state index contributed by atoms with van der Waals surface area (Å²) in [5, 5.41) is 17.3. The number of aryl methyl sites for hydroxylation is 1. The van der Waals surface area contributed by atoms with Crippen LogP contribution in [0.2, 0.25) is 0 Å². The summed E-state index contributed by atoms with van der Waals surface area (Å²) in [6.45, 7) is 5.37. The van der Waals surface area contributed by atoms with Crippen LogP contribution in [0.1, 0.15) is 44.2 Å². The van der Waals surface area contributed by atoms with Crippen LogP contribution in [0.3, 0.4) is 0 Å². The van der Waals surface area contributed by atoms with Gasteiger partial charge in [0.1, 0.15) is 0 Å². The smallest absolute Gasteiger partial charge is 0.0991 e. The largest absolute Gasteiger partial charge is 0.328 e. The van der Waals surface area contributed by atoms with E-state index < -0.39 is 0 Å². The second kappa shape index (κ2) is 6.99. The van der Waals surface area contributed by atoms with E-state index in [-0.39, 0.29) is 6.04 Å². The average molecular weight is 337 g/mol. The van der Waals surface area contributed by atoms with Crippen LogP contribution in [0, 0.1) is 16.7 Å². The number of nitrogens with two attached hydrogens (primary N) is 1. The van der Waals surface area contributed by atoms with E-state index >= 15 is 0 Å². The molecule has 25 heavy (non-hydrogen) atoms. The van der Waals surface area contributed by atoms with E-state index in [0.29, 0.717) is 17.0 Å². The molecule has 1 aromatic heterocycles. The molecule has 5 heteroatoms. The number of benzene rings is 1. The fraction of sp³-hybridized carbons (Fsp3) is 0.500. The summed E-state index contributed by atoms with van der Waals surface area (Å²) < 4.78 is 1.85. The minimum atomic E-state index is 0.271. The van der Waals surface area contributed by atoms with Crippen molar-refractivity contribution in [2.45, 2.75) is 51.7 Å². The standard InChI is InChI=1S/C20H27N5/c1-20(2)9-17(22)8-18(10-20)23-12-16-13-25(3)24-19(16)15-6-4-14(11-21)5-7-15/h4-7,13,17-18,23H,8-10,12,22H2,1-3H3. The number of nitrogens with one attached hydrogen (secondary N) is 1. The molecule has 0 aliphatic heterocycles. The summed E-state index contributed by atoms with van der Waals surface area (Å²) in [6.07, 6.45) is 5.33. The second-order valence-electron chi connectivity index (χ2n) is 8.01. The molecule has 0 amide bonds. The van der Waals surface area contributed by atoms with Crippen molar-refractivity contribution in [3.05, 3.63) is 41.6 Å². The highest BCUT2D eigenvalue weighted by Gasteiger charge is 2.32. The molecule has 3 N–H and O–H groups in total. The monoisotopic (exact) mass is 337 g/mol. The van der Waals surface area contributed by atoms with Gasteiger partial charge in [0.05, 0.1) is 17.3 Å². The average Bonchev–Trinajstić information content (AvgIpc) is 2.92. The van der Waals surface area contributed by atoms with Crippen LogP contribution in [-0.4, -0.2) is 21.9 Å². The molecule has 132 valence electrons. The molecule has 2 aromatic rings. The van der Waals surface area contributed by atoms with Gasteiger partial charge in [0.2, 0.25) is 0 Å². The molecule has 1 saturated carbocycles. The van der Waals surface area contributed by atoms with Crippen molar-refractivity contribution in [1.82, 2.24) is 15.1 Å². The lowest BCUT2D eigenvalue weighted by atomic mass is 9.73. The highest BCUT2D eigenvalue weighted by Crippen LogP contribution is 2.35. The maximum Gasteiger partial charge on any atom is 0.0991 e. The highest BCUT2D eigenvalue weighted by molar-refractivity contribution is 5.63. The molecule has 2 unspecified atom stereocenters. The zero-order valence-electron chi connectivity index (χ0n) is 15.3. The molecule has 1 fully saturated rings. The lowest BCUT2D eigenvalue weighted by Crippen LogP contribution is -2.45. The van der Waals surface area contributed by atoms with Gasteiger partial charge in [-0.2, -0.15) is 10.4 Å². The number of nitrogens with zero attached hydrogens (tertiary/aromatic N) is 3. The van der Waals surface area contributed by atoms with Crippen LogP contribution < -0.4 is 11.1 Å². The molecule has 0 saturated heterocycles. The molecule has 0 radical (unpaired) electrons. The van der Waals surface area contributed by atoms with E-state index in [2.05, 4.69) is 36.5 Å².